The molecule has 1 atom stereocenters. The normalized spacial score (nSPS) is 23.9. The molecule has 1 aliphatic rings. The largest absolute Gasteiger partial charge is 0.316 e. The summed E-state index contributed by atoms with van der Waals surface area (Å²) in [5.74, 6) is 1.40. The van der Waals surface area contributed by atoms with Crippen LogP contribution in [0.2, 0.25) is 0 Å². The zero-order chi connectivity index (χ0) is 14.3. The monoisotopic (exact) mass is 290 g/mol. The maximum absolute atomic E-state index is 11.5. The number of rotatable bonds is 8. The number of unbranched alkanes of at least 4 members (excludes halogenated alkanes) is 2. The van der Waals surface area contributed by atoms with Gasteiger partial charge in [0.15, 0.2) is 9.84 Å². The maximum Gasteiger partial charge on any atom is 0.153 e. The molecule has 0 amide bonds. The first kappa shape index (κ1) is 16.9. The van der Waals surface area contributed by atoms with Gasteiger partial charge in [-0.2, -0.15) is 0 Å². The van der Waals surface area contributed by atoms with Gasteiger partial charge in [-0.3, -0.25) is 4.90 Å². The highest BCUT2D eigenvalue weighted by Gasteiger charge is 2.27. The van der Waals surface area contributed by atoms with E-state index in [0.29, 0.717) is 11.5 Å². The van der Waals surface area contributed by atoms with E-state index in [0.717, 1.165) is 32.1 Å². The van der Waals surface area contributed by atoms with Crippen LogP contribution >= 0.6 is 0 Å². The van der Waals surface area contributed by atoms with Gasteiger partial charge in [-0.25, -0.2) is 8.42 Å². The molecule has 1 rings (SSSR count). The average molecular weight is 290 g/mol. The quantitative estimate of drug-likeness (QED) is 0.689. The minimum absolute atomic E-state index is 0.192. The van der Waals surface area contributed by atoms with Gasteiger partial charge in [0.05, 0.1) is 11.5 Å². The summed E-state index contributed by atoms with van der Waals surface area (Å²) in [5.41, 5.74) is 0. The van der Waals surface area contributed by atoms with Gasteiger partial charge in [-0.15, -0.1) is 0 Å². The summed E-state index contributed by atoms with van der Waals surface area (Å²) in [4.78, 5) is 2.32. The Hall–Kier alpha value is -0.130. The van der Waals surface area contributed by atoms with Gasteiger partial charge in [0.1, 0.15) is 0 Å². The van der Waals surface area contributed by atoms with Crippen LogP contribution in [0.1, 0.15) is 40.0 Å². The van der Waals surface area contributed by atoms with Crippen LogP contribution in [-0.2, 0) is 9.84 Å². The summed E-state index contributed by atoms with van der Waals surface area (Å²) in [6.45, 7) is 10.4. The molecule has 0 bridgehead atoms. The average Bonchev–Trinajstić information content (AvgIpc) is 2.29. The standard InChI is InChI=1S/C14H30N2O2S/c1-13(2)11-15-7-5-4-6-8-16-9-10-19(17,18)12-14(16)3/h13-15H,4-12H2,1-3H3. The SMILES string of the molecule is CC(C)CNCCCCCN1CCS(=O)(=O)CC1C. The van der Waals surface area contributed by atoms with Crippen LogP contribution in [-0.4, -0.2) is 57.0 Å². The van der Waals surface area contributed by atoms with E-state index in [1.54, 1.807) is 0 Å². The van der Waals surface area contributed by atoms with E-state index in [4.69, 9.17) is 0 Å². The van der Waals surface area contributed by atoms with Crippen LogP contribution in [0.25, 0.3) is 0 Å². The Morgan fingerprint density at radius 3 is 2.63 bits per heavy atom. The summed E-state index contributed by atoms with van der Waals surface area (Å²) < 4.78 is 22.9. The van der Waals surface area contributed by atoms with Gasteiger partial charge in [-0.05, 0) is 45.3 Å². The Labute approximate surface area is 118 Å². The Kier molecular flexibility index (Phi) is 7.32. The lowest BCUT2D eigenvalue weighted by molar-refractivity contribution is 0.222. The predicted octanol–water partition coefficient (Wildman–Crippen LogP) is 1.52. The van der Waals surface area contributed by atoms with Crippen LogP contribution < -0.4 is 5.32 Å². The van der Waals surface area contributed by atoms with Gasteiger partial charge in [0, 0.05) is 12.6 Å². The van der Waals surface area contributed by atoms with Crippen molar-refractivity contribution in [1.82, 2.24) is 10.2 Å². The van der Waals surface area contributed by atoms with E-state index in [-0.39, 0.29) is 6.04 Å². The summed E-state index contributed by atoms with van der Waals surface area (Å²) in [6, 6.07) is 0.192. The molecule has 1 aliphatic heterocycles. The minimum Gasteiger partial charge on any atom is -0.316 e. The second kappa shape index (κ2) is 8.22. The first-order valence-electron chi connectivity index (χ1n) is 7.56. The third kappa shape index (κ3) is 7.28. The lowest BCUT2D eigenvalue weighted by atomic mass is 10.2. The molecule has 0 aromatic rings. The molecule has 1 unspecified atom stereocenters. The van der Waals surface area contributed by atoms with Crippen molar-refractivity contribution in [1.29, 1.82) is 0 Å². The van der Waals surface area contributed by atoms with E-state index in [1.807, 2.05) is 6.92 Å². The van der Waals surface area contributed by atoms with Gasteiger partial charge in [0.25, 0.3) is 0 Å². The fourth-order valence-electron chi connectivity index (χ4n) is 2.50. The lowest BCUT2D eigenvalue weighted by Crippen LogP contribution is -2.47. The molecule has 0 spiro atoms. The molecule has 0 aromatic carbocycles. The number of hydrogen-bond acceptors (Lipinski definition) is 4. The number of nitrogens with zero attached hydrogens (tertiary/aromatic N) is 1. The molecular formula is C14H30N2O2S. The van der Waals surface area contributed by atoms with Crippen molar-refractivity contribution in [3.05, 3.63) is 0 Å². The fourth-order valence-corrected chi connectivity index (χ4v) is 4.12. The predicted molar refractivity (Wildman–Crippen MR) is 81.2 cm³/mol. The number of sulfone groups is 1. The van der Waals surface area contributed by atoms with E-state index >= 15 is 0 Å². The van der Waals surface area contributed by atoms with Gasteiger partial charge in [0.2, 0.25) is 0 Å². The van der Waals surface area contributed by atoms with Gasteiger partial charge >= 0.3 is 0 Å². The van der Waals surface area contributed by atoms with Gasteiger partial charge in [-0.1, -0.05) is 20.3 Å². The molecule has 0 saturated carbocycles. The molecule has 114 valence electrons. The van der Waals surface area contributed by atoms with Crippen LogP contribution in [0.15, 0.2) is 0 Å². The summed E-state index contributed by atoms with van der Waals surface area (Å²) in [7, 11) is -2.77. The number of hydrogen-bond donors (Lipinski definition) is 1. The topological polar surface area (TPSA) is 49.4 Å². The second-order valence-corrected chi connectivity index (χ2v) is 8.39. The fraction of sp³-hybridized carbons (Fsp3) is 1.00. The molecule has 1 fully saturated rings. The highest BCUT2D eigenvalue weighted by atomic mass is 32.2. The third-order valence-corrected chi connectivity index (χ3v) is 5.45. The van der Waals surface area contributed by atoms with Crippen molar-refractivity contribution >= 4 is 9.84 Å². The number of nitrogens with one attached hydrogen (secondary N) is 1. The van der Waals surface area contributed by atoms with Gasteiger partial charge < -0.3 is 5.32 Å². The van der Waals surface area contributed by atoms with Crippen molar-refractivity contribution in [3.63, 3.8) is 0 Å². The Morgan fingerprint density at radius 2 is 2.00 bits per heavy atom. The summed E-state index contributed by atoms with van der Waals surface area (Å²) >= 11 is 0. The van der Waals surface area contributed by atoms with Crippen LogP contribution in [0.4, 0.5) is 0 Å². The Bertz CT molecular complexity index is 341. The van der Waals surface area contributed by atoms with Crippen LogP contribution in [0.3, 0.4) is 0 Å². The van der Waals surface area contributed by atoms with Crippen LogP contribution in [0.5, 0.6) is 0 Å². The summed E-state index contributed by atoms with van der Waals surface area (Å²) in [5, 5.41) is 3.45. The van der Waals surface area contributed by atoms with E-state index < -0.39 is 9.84 Å². The second-order valence-electron chi connectivity index (χ2n) is 6.16. The Morgan fingerprint density at radius 1 is 1.26 bits per heavy atom. The smallest absolute Gasteiger partial charge is 0.153 e. The molecule has 5 heteroatoms. The first-order chi connectivity index (χ1) is 8.91. The van der Waals surface area contributed by atoms with Crippen molar-refractivity contribution in [2.45, 2.75) is 46.1 Å². The van der Waals surface area contributed by atoms with Crippen molar-refractivity contribution in [2.75, 3.05) is 37.7 Å². The molecule has 0 aromatic heterocycles. The molecule has 19 heavy (non-hydrogen) atoms. The van der Waals surface area contributed by atoms with E-state index in [9.17, 15) is 8.42 Å². The molecule has 1 saturated heterocycles. The first-order valence-corrected chi connectivity index (χ1v) is 9.38. The van der Waals surface area contributed by atoms with Crippen LogP contribution in [0, 0.1) is 5.92 Å². The lowest BCUT2D eigenvalue weighted by Gasteiger charge is -2.33. The molecule has 1 heterocycles. The Balaban J connectivity index is 2.04. The highest BCUT2D eigenvalue weighted by molar-refractivity contribution is 7.91. The highest BCUT2D eigenvalue weighted by Crippen LogP contribution is 2.12. The maximum atomic E-state index is 11.5. The molecule has 0 radical (unpaired) electrons. The van der Waals surface area contributed by atoms with Crippen molar-refractivity contribution in [3.8, 4) is 0 Å². The zero-order valence-electron chi connectivity index (χ0n) is 12.7. The summed E-state index contributed by atoms with van der Waals surface area (Å²) in [6.07, 6.45) is 3.61. The molecule has 0 aliphatic carbocycles. The molecular weight excluding hydrogens is 260 g/mol. The van der Waals surface area contributed by atoms with E-state index in [1.165, 1.54) is 19.3 Å². The van der Waals surface area contributed by atoms with Crippen molar-refractivity contribution in [2.24, 2.45) is 5.92 Å². The molecule has 1 N–H and O–H groups in total. The third-order valence-electron chi connectivity index (χ3n) is 3.66. The molecule has 4 nitrogen and oxygen atoms in total. The zero-order valence-corrected chi connectivity index (χ0v) is 13.5. The van der Waals surface area contributed by atoms with E-state index in [2.05, 4.69) is 24.1 Å². The minimum atomic E-state index is -2.77. The van der Waals surface area contributed by atoms with Crippen molar-refractivity contribution < 1.29 is 8.42 Å².